The van der Waals surface area contributed by atoms with Crippen molar-refractivity contribution < 1.29 is 19.7 Å². The van der Waals surface area contributed by atoms with E-state index in [-0.39, 0.29) is 5.57 Å². The molecule has 0 heterocycles. The highest BCUT2D eigenvalue weighted by molar-refractivity contribution is 5.74. The molecule has 0 aromatic heterocycles. The number of rotatable bonds is 4. The van der Waals surface area contributed by atoms with Crippen molar-refractivity contribution in [1.82, 2.24) is 0 Å². The molecule has 15 heavy (non-hydrogen) atoms. The molecule has 0 saturated carbocycles. The first kappa shape index (κ1) is 11.3. The maximum Gasteiger partial charge on any atom is 0.152 e. The summed E-state index contributed by atoms with van der Waals surface area (Å²) in [5.74, 6) is 0.578. The molecule has 0 radical (unpaired) electrons. The van der Waals surface area contributed by atoms with E-state index in [1.165, 1.54) is 7.11 Å². The fourth-order valence-electron chi connectivity index (χ4n) is 1.17. The molecule has 2 N–H and O–H groups in total. The summed E-state index contributed by atoms with van der Waals surface area (Å²) in [6, 6.07) is 6.65. The summed E-state index contributed by atoms with van der Waals surface area (Å²) >= 11 is 0. The second-order valence-corrected chi connectivity index (χ2v) is 2.93. The first-order valence-electron chi connectivity index (χ1n) is 4.34. The van der Waals surface area contributed by atoms with E-state index in [9.17, 15) is 9.90 Å². The number of carbonyl (C=O) groups is 1. The number of aliphatic hydroxyl groups excluding tert-OH is 2. The highest BCUT2D eigenvalue weighted by Crippen LogP contribution is 2.23. The van der Waals surface area contributed by atoms with Crippen LogP contribution in [0.25, 0.3) is 0 Å². The highest BCUT2D eigenvalue weighted by atomic mass is 16.5. The number of hydrogen-bond acceptors (Lipinski definition) is 4. The van der Waals surface area contributed by atoms with Gasteiger partial charge in [-0.3, -0.25) is 4.79 Å². The first-order valence-corrected chi connectivity index (χ1v) is 4.34. The number of hydrogen-bond donors (Lipinski definition) is 2. The average Bonchev–Trinajstić information content (AvgIpc) is 2.30. The van der Waals surface area contributed by atoms with Gasteiger partial charge in [0.15, 0.2) is 6.29 Å². The summed E-state index contributed by atoms with van der Waals surface area (Å²) < 4.78 is 4.97. The molecule has 0 fully saturated rings. The zero-order chi connectivity index (χ0) is 11.3. The molecule has 1 unspecified atom stereocenters. The van der Waals surface area contributed by atoms with Crippen LogP contribution >= 0.6 is 0 Å². The summed E-state index contributed by atoms with van der Waals surface area (Å²) in [4.78, 5) is 10.5. The van der Waals surface area contributed by atoms with Crippen LogP contribution in [-0.2, 0) is 4.79 Å². The van der Waals surface area contributed by atoms with Gasteiger partial charge in [-0.25, -0.2) is 0 Å². The molecular formula is C11H12O4. The Morgan fingerprint density at radius 1 is 1.53 bits per heavy atom. The number of methoxy groups -OCH3 is 1. The van der Waals surface area contributed by atoms with Crippen LogP contribution in [0.15, 0.2) is 36.1 Å². The molecule has 0 aliphatic heterocycles. The van der Waals surface area contributed by atoms with Crippen molar-refractivity contribution in [2.24, 2.45) is 0 Å². The van der Waals surface area contributed by atoms with Gasteiger partial charge in [0.05, 0.1) is 18.9 Å². The Labute approximate surface area is 87.4 Å². The smallest absolute Gasteiger partial charge is 0.152 e. The van der Waals surface area contributed by atoms with E-state index in [2.05, 4.69) is 0 Å². The van der Waals surface area contributed by atoms with E-state index in [0.717, 1.165) is 0 Å². The lowest BCUT2D eigenvalue weighted by atomic mass is 10.0. The fourth-order valence-corrected chi connectivity index (χ4v) is 1.17. The van der Waals surface area contributed by atoms with Gasteiger partial charge in [-0.1, -0.05) is 12.1 Å². The Morgan fingerprint density at radius 2 is 2.27 bits per heavy atom. The van der Waals surface area contributed by atoms with Crippen LogP contribution in [0.1, 0.15) is 11.7 Å². The molecular weight excluding hydrogens is 196 g/mol. The van der Waals surface area contributed by atoms with Gasteiger partial charge in [-0.05, 0) is 17.7 Å². The van der Waals surface area contributed by atoms with Crippen molar-refractivity contribution in [3.05, 3.63) is 41.7 Å². The van der Waals surface area contributed by atoms with E-state index in [1.807, 2.05) is 0 Å². The van der Waals surface area contributed by atoms with Crippen molar-refractivity contribution in [3.8, 4) is 5.75 Å². The van der Waals surface area contributed by atoms with E-state index >= 15 is 0 Å². The summed E-state index contributed by atoms with van der Waals surface area (Å²) in [7, 11) is 1.51. The molecule has 0 bridgehead atoms. The average molecular weight is 208 g/mol. The van der Waals surface area contributed by atoms with Crippen molar-refractivity contribution in [3.63, 3.8) is 0 Å². The molecule has 0 spiro atoms. The van der Waals surface area contributed by atoms with Crippen LogP contribution in [0.2, 0.25) is 0 Å². The molecule has 1 aromatic carbocycles. The van der Waals surface area contributed by atoms with E-state index in [4.69, 9.17) is 9.84 Å². The van der Waals surface area contributed by atoms with Crippen LogP contribution in [0.4, 0.5) is 0 Å². The Morgan fingerprint density at radius 3 is 2.80 bits per heavy atom. The lowest BCUT2D eigenvalue weighted by molar-refractivity contribution is -0.105. The molecule has 1 aromatic rings. The maximum atomic E-state index is 10.5. The first-order chi connectivity index (χ1) is 7.22. The lowest BCUT2D eigenvalue weighted by Crippen LogP contribution is -2.03. The van der Waals surface area contributed by atoms with Gasteiger partial charge in [0.2, 0.25) is 0 Å². The van der Waals surface area contributed by atoms with Crippen LogP contribution < -0.4 is 4.74 Å². The van der Waals surface area contributed by atoms with Gasteiger partial charge in [-0.2, -0.15) is 0 Å². The largest absolute Gasteiger partial charge is 0.515 e. The Kier molecular flexibility index (Phi) is 3.88. The maximum absolute atomic E-state index is 10.5. The molecule has 1 rings (SSSR count). The normalized spacial score (nSPS) is 13.3. The zero-order valence-electron chi connectivity index (χ0n) is 8.25. The minimum absolute atomic E-state index is 0.0942. The van der Waals surface area contributed by atoms with E-state index < -0.39 is 6.10 Å². The monoisotopic (exact) mass is 208 g/mol. The summed E-state index contributed by atoms with van der Waals surface area (Å²) in [6.07, 6.45) is -0.135. The molecule has 4 heteroatoms. The number of carbonyl (C=O) groups excluding carboxylic acids is 1. The predicted octanol–water partition coefficient (Wildman–Crippen LogP) is 1.37. The second-order valence-electron chi connectivity index (χ2n) is 2.93. The van der Waals surface area contributed by atoms with Crippen LogP contribution in [0, 0.1) is 0 Å². The number of aldehydes is 1. The second kappa shape index (κ2) is 5.17. The molecule has 4 nitrogen and oxygen atoms in total. The van der Waals surface area contributed by atoms with Gasteiger partial charge in [0, 0.05) is 0 Å². The minimum atomic E-state index is -1.14. The topological polar surface area (TPSA) is 66.8 Å². The quantitative estimate of drug-likeness (QED) is 0.445. The molecule has 1 atom stereocenters. The van der Waals surface area contributed by atoms with Crippen LogP contribution in [-0.4, -0.2) is 23.6 Å². The predicted molar refractivity (Wildman–Crippen MR) is 54.7 cm³/mol. The van der Waals surface area contributed by atoms with Gasteiger partial charge in [0.25, 0.3) is 0 Å². The molecule has 80 valence electrons. The van der Waals surface area contributed by atoms with Crippen LogP contribution in [0.5, 0.6) is 5.75 Å². The lowest BCUT2D eigenvalue weighted by Gasteiger charge is -2.10. The fraction of sp³-hybridized carbons (Fsp3) is 0.182. The van der Waals surface area contributed by atoms with Crippen molar-refractivity contribution in [2.45, 2.75) is 6.10 Å². The minimum Gasteiger partial charge on any atom is -0.515 e. The van der Waals surface area contributed by atoms with E-state index in [1.54, 1.807) is 24.3 Å². The Bertz CT molecular complexity index is 371. The van der Waals surface area contributed by atoms with Gasteiger partial charge in [-0.15, -0.1) is 0 Å². The Balaban J connectivity index is 2.99. The summed E-state index contributed by atoms with van der Waals surface area (Å²) in [5.41, 5.74) is 0.394. The standard InChI is InChI=1S/C11H12O4/c1-15-10-4-2-3-8(5-10)11(14)9(6-12)7-13/h2-7,11-12,14H,1H3/b9-6+. The Hall–Kier alpha value is -1.81. The van der Waals surface area contributed by atoms with Crippen molar-refractivity contribution in [1.29, 1.82) is 0 Å². The number of aliphatic hydroxyl groups is 2. The number of ether oxygens (including phenoxy) is 1. The summed E-state index contributed by atoms with van der Waals surface area (Å²) in [6.45, 7) is 0. The highest BCUT2D eigenvalue weighted by Gasteiger charge is 2.13. The van der Waals surface area contributed by atoms with Crippen molar-refractivity contribution in [2.75, 3.05) is 7.11 Å². The third kappa shape index (κ3) is 2.57. The van der Waals surface area contributed by atoms with E-state index in [0.29, 0.717) is 23.9 Å². The third-order valence-corrected chi connectivity index (χ3v) is 2.01. The van der Waals surface area contributed by atoms with Gasteiger partial charge >= 0.3 is 0 Å². The number of benzene rings is 1. The van der Waals surface area contributed by atoms with Gasteiger partial charge in [0.1, 0.15) is 11.9 Å². The SMILES string of the molecule is COc1cccc(C(O)/C(C=O)=C/O)c1. The van der Waals surface area contributed by atoms with Crippen LogP contribution in [0.3, 0.4) is 0 Å². The van der Waals surface area contributed by atoms with Crippen molar-refractivity contribution >= 4 is 6.29 Å². The third-order valence-electron chi connectivity index (χ3n) is 2.01. The molecule has 0 aliphatic rings. The summed E-state index contributed by atoms with van der Waals surface area (Å²) in [5, 5.41) is 18.4. The van der Waals surface area contributed by atoms with Gasteiger partial charge < -0.3 is 14.9 Å². The molecule has 0 saturated heterocycles. The molecule has 0 amide bonds. The molecule has 0 aliphatic carbocycles. The zero-order valence-corrected chi connectivity index (χ0v) is 8.25.